The molecule has 5 N–H and O–H groups in total. The van der Waals surface area contributed by atoms with Crippen molar-refractivity contribution in [1.29, 1.82) is 0 Å². The van der Waals surface area contributed by atoms with Crippen molar-refractivity contribution in [3.8, 4) is 11.3 Å². The van der Waals surface area contributed by atoms with Crippen LogP contribution in [-0.2, 0) is 13.1 Å². The third kappa shape index (κ3) is 5.03. The molecule has 4 rings (SSSR count). The summed E-state index contributed by atoms with van der Waals surface area (Å²) in [7, 11) is 0. The summed E-state index contributed by atoms with van der Waals surface area (Å²) in [5.74, 6) is 0.836. The van der Waals surface area contributed by atoms with Crippen molar-refractivity contribution < 1.29 is 24.8 Å². The summed E-state index contributed by atoms with van der Waals surface area (Å²) in [5.41, 5.74) is 5.30. The zero-order valence-corrected chi connectivity index (χ0v) is 18.1. The zero-order chi connectivity index (χ0) is 22.7. The van der Waals surface area contributed by atoms with Gasteiger partial charge in [0.25, 0.3) is 0 Å². The van der Waals surface area contributed by atoms with E-state index in [-0.39, 0.29) is 13.2 Å². The van der Waals surface area contributed by atoms with E-state index in [1.165, 1.54) is 0 Å². The SMILES string of the molecule is Cc1cc(NCc2ccc(CN3C[C@H](O)[C@@H](O)[C@H](O)[C@H]3CO)cc2)cc(-c2ccco2)c1. The molecule has 0 amide bonds. The molecule has 0 aliphatic carbocycles. The van der Waals surface area contributed by atoms with Crippen LogP contribution in [0.2, 0.25) is 0 Å². The lowest BCUT2D eigenvalue weighted by Gasteiger charge is -2.43. The van der Waals surface area contributed by atoms with E-state index in [1.807, 2.05) is 36.4 Å². The maximum atomic E-state index is 10.2. The molecule has 1 aliphatic rings. The summed E-state index contributed by atoms with van der Waals surface area (Å²) < 4.78 is 5.51. The molecule has 2 heterocycles. The highest BCUT2D eigenvalue weighted by molar-refractivity contribution is 5.65. The Kier molecular flexibility index (Phi) is 6.93. The van der Waals surface area contributed by atoms with Crippen molar-refractivity contribution >= 4 is 5.69 Å². The minimum Gasteiger partial charge on any atom is -0.464 e. The number of aliphatic hydroxyl groups excluding tert-OH is 4. The van der Waals surface area contributed by atoms with E-state index in [1.54, 1.807) is 11.2 Å². The molecule has 0 spiro atoms. The first-order valence-electron chi connectivity index (χ1n) is 10.8. The third-order valence-electron chi connectivity index (χ3n) is 6.00. The molecule has 1 aromatic heterocycles. The van der Waals surface area contributed by atoms with Gasteiger partial charge in [-0.05, 0) is 53.9 Å². The Morgan fingerprint density at radius 3 is 2.44 bits per heavy atom. The number of hydrogen-bond acceptors (Lipinski definition) is 7. The Balaban J connectivity index is 1.38. The van der Waals surface area contributed by atoms with Gasteiger partial charge in [-0.25, -0.2) is 0 Å². The van der Waals surface area contributed by atoms with Crippen LogP contribution in [-0.4, -0.2) is 62.8 Å². The first kappa shape index (κ1) is 22.5. The fraction of sp³-hybridized carbons (Fsp3) is 0.360. The summed E-state index contributed by atoms with van der Waals surface area (Å²) in [6, 6.07) is 17.5. The topological polar surface area (TPSA) is 109 Å². The lowest BCUT2D eigenvalue weighted by atomic mass is 9.93. The van der Waals surface area contributed by atoms with Gasteiger partial charge in [0, 0.05) is 30.9 Å². The number of nitrogens with one attached hydrogen (secondary N) is 1. The minimum absolute atomic E-state index is 0.193. The van der Waals surface area contributed by atoms with E-state index in [9.17, 15) is 20.4 Å². The van der Waals surface area contributed by atoms with Crippen LogP contribution in [0.25, 0.3) is 11.3 Å². The Bertz CT molecular complexity index is 1010. The maximum absolute atomic E-state index is 10.2. The fourth-order valence-electron chi connectivity index (χ4n) is 4.23. The number of hydrogen-bond donors (Lipinski definition) is 5. The van der Waals surface area contributed by atoms with Crippen molar-refractivity contribution in [2.24, 2.45) is 0 Å². The van der Waals surface area contributed by atoms with Crippen LogP contribution in [0.4, 0.5) is 5.69 Å². The fourth-order valence-corrected chi connectivity index (χ4v) is 4.23. The number of rotatable bonds is 7. The lowest BCUT2D eigenvalue weighted by molar-refractivity contribution is -0.147. The van der Waals surface area contributed by atoms with E-state index in [0.717, 1.165) is 33.7 Å². The first-order valence-corrected chi connectivity index (χ1v) is 10.8. The summed E-state index contributed by atoms with van der Waals surface area (Å²) in [6.45, 7) is 3.08. The second kappa shape index (κ2) is 9.85. The number of β-amino-alcohol motifs (C(OH)–C–C–N with tert-alkyl or cyclic N) is 1. The molecular formula is C25H30N2O5. The van der Waals surface area contributed by atoms with Crippen LogP contribution >= 0.6 is 0 Å². The molecule has 0 unspecified atom stereocenters. The molecule has 2 aromatic carbocycles. The van der Waals surface area contributed by atoms with Crippen molar-refractivity contribution in [3.63, 3.8) is 0 Å². The van der Waals surface area contributed by atoms with Crippen molar-refractivity contribution in [2.75, 3.05) is 18.5 Å². The lowest BCUT2D eigenvalue weighted by Crippen LogP contribution is -2.62. The Labute approximate surface area is 187 Å². The number of furan rings is 1. The van der Waals surface area contributed by atoms with Gasteiger partial charge in [-0.15, -0.1) is 0 Å². The molecule has 0 saturated carbocycles. The number of aliphatic hydroxyl groups is 4. The van der Waals surface area contributed by atoms with Gasteiger partial charge in [-0.3, -0.25) is 4.90 Å². The van der Waals surface area contributed by atoms with Gasteiger partial charge in [-0.2, -0.15) is 0 Å². The van der Waals surface area contributed by atoms with Gasteiger partial charge in [0.15, 0.2) is 0 Å². The Morgan fingerprint density at radius 1 is 1.00 bits per heavy atom. The normalized spacial score (nSPS) is 23.9. The van der Waals surface area contributed by atoms with Crippen molar-refractivity contribution in [1.82, 2.24) is 4.90 Å². The molecule has 1 fully saturated rings. The van der Waals surface area contributed by atoms with Crippen LogP contribution in [0.5, 0.6) is 0 Å². The number of benzene rings is 2. The summed E-state index contributed by atoms with van der Waals surface area (Å²) in [5, 5.41) is 43.1. The quantitative estimate of drug-likeness (QED) is 0.384. The second-order valence-corrected chi connectivity index (χ2v) is 8.46. The number of likely N-dealkylation sites (tertiary alicyclic amines) is 1. The van der Waals surface area contributed by atoms with E-state index in [0.29, 0.717) is 13.1 Å². The molecule has 4 atom stereocenters. The predicted molar refractivity (Wildman–Crippen MR) is 122 cm³/mol. The molecule has 1 aliphatic heterocycles. The maximum Gasteiger partial charge on any atom is 0.133 e. The van der Waals surface area contributed by atoms with Gasteiger partial charge in [0.2, 0.25) is 0 Å². The number of anilines is 1. The van der Waals surface area contributed by atoms with Crippen LogP contribution in [0.1, 0.15) is 16.7 Å². The number of piperidine rings is 1. The molecule has 7 heteroatoms. The summed E-state index contributed by atoms with van der Waals surface area (Å²) >= 11 is 0. The van der Waals surface area contributed by atoms with Gasteiger partial charge >= 0.3 is 0 Å². The first-order chi connectivity index (χ1) is 15.4. The van der Waals surface area contributed by atoms with Gasteiger partial charge in [0.05, 0.1) is 25.0 Å². The van der Waals surface area contributed by atoms with Gasteiger partial charge in [-0.1, -0.05) is 24.3 Å². The van der Waals surface area contributed by atoms with Crippen LogP contribution < -0.4 is 5.32 Å². The molecule has 32 heavy (non-hydrogen) atoms. The summed E-state index contributed by atoms with van der Waals surface area (Å²) in [6.07, 6.45) is -1.81. The number of aryl methyl sites for hydroxylation is 1. The number of nitrogens with zero attached hydrogens (tertiary/aromatic N) is 1. The average molecular weight is 439 g/mol. The Hall–Kier alpha value is -2.68. The summed E-state index contributed by atoms with van der Waals surface area (Å²) in [4.78, 5) is 1.80. The monoisotopic (exact) mass is 438 g/mol. The molecule has 0 radical (unpaired) electrons. The zero-order valence-electron chi connectivity index (χ0n) is 18.1. The van der Waals surface area contributed by atoms with E-state index < -0.39 is 24.4 Å². The predicted octanol–water partition coefficient (Wildman–Crippen LogP) is 2.13. The highest BCUT2D eigenvalue weighted by Gasteiger charge is 2.40. The molecule has 0 bridgehead atoms. The smallest absolute Gasteiger partial charge is 0.133 e. The van der Waals surface area contributed by atoms with Crippen LogP contribution in [0.3, 0.4) is 0 Å². The van der Waals surface area contributed by atoms with E-state index in [4.69, 9.17) is 4.42 Å². The van der Waals surface area contributed by atoms with Gasteiger partial charge < -0.3 is 30.2 Å². The van der Waals surface area contributed by atoms with Gasteiger partial charge in [0.1, 0.15) is 18.0 Å². The third-order valence-corrected chi connectivity index (χ3v) is 6.00. The van der Waals surface area contributed by atoms with Crippen molar-refractivity contribution in [2.45, 2.75) is 44.4 Å². The molecule has 1 saturated heterocycles. The largest absolute Gasteiger partial charge is 0.464 e. The minimum atomic E-state index is -1.24. The van der Waals surface area contributed by atoms with E-state index in [2.05, 4.69) is 30.4 Å². The Morgan fingerprint density at radius 2 is 1.75 bits per heavy atom. The standard InChI is InChI=1S/C25H30N2O5/c1-16-9-19(23-3-2-8-32-23)11-20(10-16)26-12-17-4-6-18(7-5-17)13-27-14-22(29)25(31)24(30)21(27)15-28/h2-11,21-22,24-26,28-31H,12-15H2,1H3/t21-,22+,24-,25-/m1/s1. The second-order valence-electron chi connectivity index (χ2n) is 8.46. The molecule has 3 aromatic rings. The highest BCUT2D eigenvalue weighted by Crippen LogP contribution is 2.26. The molecule has 170 valence electrons. The average Bonchev–Trinajstić information content (AvgIpc) is 3.32. The van der Waals surface area contributed by atoms with Crippen LogP contribution in [0.15, 0.2) is 65.3 Å². The van der Waals surface area contributed by atoms with Crippen molar-refractivity contribution in [3.05, 3.63) is 77.6 Å². The van der Waals surface area contributed by atoms with Crippen LogP contribution in [0, 0.1) is 6.92 Å². The highest BCUT2D eigenvalue weighted by atomic mass is 16.4. The van der Waals surface area contributed by atoms with E-state index >= 15 is 0 Å². The molecule has 7 nitrogen and oxygen atoms in total. The molecular weight excluding hydrogens is 408 g/mol.